The van der Waals surface area contributed by atoms with Gasteiger partial charge in [0.15, 0.2) is 11.5 Å². The van der Waals surface area contributed by atoms with Crippen molar-refractivity contribution in [1.29, 1.82) is 0 Å². The highest BCUT2D eigenvalue weighted by Gasteiger charge is 2.29. The van der Waals surface area contributed by atoms with E-state index in [0.29, 0.717) is 5.69 Å². The van der Waals surface area contributed by atoms with Gasteiger partial charge in [0.2, 0.25) is 5.91 Å². The summed E-state index contributed by atoms with van der Waals surface area (Å²) in [4.78, 5) is 11.4. The summed E-state index contributed by atoms with van der Waals surface area (Å²) in [7, 11) is -2.52. The second-order valence-electron chi connectivity index (χ2n) is 4.25. The number of hydrogen-bond donors (Lipinski definition) is 1. The zero-order valence-corrected chi connectivity index (χ0v) is 14.8. The van der Waals surface area contributed by atoms with Gasteiger partial charge in [-0.15, -0.1) is 24.8 Å². The molecule has 1 aromatic rings. The second-order valence-corrected chi connectivity index (χ2v) is 6.12. The number of amides is 1. The number of nitrogens with one attached hydrogen (secondary N) is 1. The third kappa shape index (κ3) is 6.37. The molecule has 0 aliphatic carbocycles. The fourth-order valence-electron chi connectivity index (χ4n) is 1.52. The summed E-state index contributed by atoms with van der Waals surface area (Å²) in [6.45, 7) is 6.87. The standard InChI is InChI=1S/C15H19ClNO6P/c1-4-8-21-24(19,22-9-5-2)23-14-10-12(17-15(18)11-16)6-7-13(14)20-3/h4-7,10H,1-2,8-9,11H2,3H3,(H,17,18). The van der Waals surface area contributed by atoms with E-state index in [4.69, 9.17) is 29.9 Å². The zero-order chi connectivity index (χ0) is 18.0. The van der Waals surface area contributed by atoms with Crippen molar-refractivity contribution in [3.63, 3.8) is 0 Å². The minimum absolute atomic E-state index is 0.0423. The SMILES string of the molecule is C=CCOP(=O)(OCC=C)Oc1cc(NC(=O)CCl)ccc1OC. The lowest BCUT2D eigenvalue weighted by Crippen LogP contribution is -2.12. The molecule has 0 atom stereocenters. The molecule has 0 aliphatic rings. The number of halogens is 1. The molecule has 0 aliphatic heterocycles. The van der Waals surface area contributed by atoms with Crippen LogP contribution < -0.4 is 14.6 Å². The fourth-order valence-corrected chi connectivity index (χ4v) is 2.72. The molecule has 1 N–H and O–H groups in total. The van der Waals surface area contributed by atoms with Crippen molar-refractivity contribution in [2.75, 3.05) is 31.5 Å². The van der Waals surface area contributed by atoms with Crippen LogP contribution in [0.3, 0.4) is 0 Å². The summed E-state index contributed by atoms with van der Waals surface area (Å²) in [5.41, 5.74) is 0.385. The van der Waals surface area contributed by atoms with Crippen LogP contribution in [0, 0.1) is 0 Å². The molecule has 0 heterocycles. The van der Waals surface area contributed by atoms with Crippen LogP contribution in [0.1, 0.15) is 0 Å². The normalized spacial score (nSPS) is 10.8. The van der Waals surface area contributed by atoms with Crippen LogP contribution in [-0.2, 0) is 18.4 Å². The quantitative estimate of drug-likeness (QED) is 0.360. The van der Waals surface area contributed by atoms with Crippen molar-refractivity contribution < 1.29 is 27.7 Å². The van der Waals surface area contributed by atoms with Gasteiger partial charge in [-0.25, -0.2) is 4.57 Å². The van der Waals surface area contributed by atoms with Gasteiger partial charge in [-0.2, -0.15) is 0 Å². The van der Waals surface area contributed by atoms with Crippen molar-refractivity contribution in [3.05, 3.63) is 43.5 Å². The van der Waals surface area contributed by atoms with E-state index in [0.717, 1.165) is 0 Å². The van der Waals surface area contributed by atoms with E-state index in [1.54, 1.807) is 6.07 Å². The summed E-state index contributed by atoms with van der Waals surface area (Å²) < 4.78 is 33.4. The van der Waals surface area contributed by atoms with E-state index in [1.807, 2.05) is 0 Å². The molecule has 9 heteroatoms. The van der Waals surface area contributed by atoms with Gasteiger partial charge in [-0.3, -0.25) is 13.8 Å². The number of carbonyl (C=O) groups is 1. The van der Waals surface area contributed by atoms with E-state index in [9.17, 15) is 9.36 Å². The van der Waals surface area contributed by atoms with E-state index in [-0.39, 0.29) is 30.6 Å². The van der Waals surface area contributed by atoms with Crippen LogP contribution in [0.4, 0.5) is 5.69 Å². The van der Waals surface area contributed by atoms with Gasteiger partial charge in [0.05, 0.1) is 20.3 Å². The van der Waals surface area contributed by atoms with Crippen LogP contribution in [0.15, 0.2) is 43.5 Å². The Bertz CT molecular complexity index is 620. The second kappa shape index (κ2) is 10.2. The predicted octanol–water partition coefficient (Wildman–Crippen LogP) is 3.76. The average molecular weight is 376 g/mol. The average Bonchev–Trinajstić information content (AvgIpc) is 2.58. The Hall–Kier alpha value is -1.79. The van der Waals surface area contributed by atoms with Gasteiger partial charge in [-0.1, -0.05) is 12.2 Å². The molecule has 24 heavy (non-hydrogen) atoms. The molecular weight excluding hydrogens is 357 g/mol. The maximum Gasteiger partial charge on any atom is 0.530 e. The molecule has 0 spiro atoms. The Morgan fingerprint density at radius 1 is 1.25 bits per heavy atom. The topological polar surface area (TPSA) is 83.1 Å². The van der Waals surface area contributed by atoms with Crippen molar-refractivity contribution in [2.45, 2.75) is 0 Å². The molecule has 0 saturated heterocycles. The van der Waals surface area contributed by atoms with E-state index >= 15 is 0 Å². The highest BCUT2D eigenvalue weighted by atomic mass is 35.5. The Labute approximate surface area is 145 Å². The number of benzene rings is 1. The fraction of sp³-hybridized carbons (Fsp3) is 0.267. The lowest BCUT2D eigenvalue weighted by molar-refractivity contribution is -0.113. The summed E-state index contributed by atoms with van der Waals surface area (Å²) >= 11 is 5.45. The number of hydrogen-bond acceptors (Lipinski definition) is 6. The minimum Gasteiger partial charge on any atom is -0.493 e. The third-order valence-corrected chi connectivity index (χ3v) is 4.07. The molecule has 0 fully saturated rings. The number of phosphoric acid groups is 1. The molecule has 0 saturated carbocycles. The Morgan fingerprint density at radius 2 is 1.88 bits per heavy atom. The van der Waals surface area contributed by atoms with E-state index in [1.165, 1.54) is 31.4 Å². The van der Waals surface area contributed by atoms with Crippen molar-refractivity contribution in [1.82, 2.24) is 0 Å². The van der Waals surface area contributed by atoms with Gasteiger partial charge >= 0.3 is 7.82 Å². The Kier molecular flexibility index (Phi) is 8.57. The number of rotatable bonds is 11. The molecule has 0 radical (unpaired) electrons. The minimum atomic E-state index is -3.94. The molecule has 1 amide bonds. The molecule has 1 rings (SSSR count). The van der Waals surface area contributed by atoms with Crippen LogP contribution in [0.5, 0.6) is 11.5 Å². The van der Waals surface area contributed by atoms with Gasteiger partial charge in [0.25, 0.3) is 0 Å². The Balaban J connectivity index is 3.07. The Morgan fingerprint density at radius 3 is 2.38 bits per heavy atom. The maximum atomic E-state index is 12.6. The van der Waals surface area contributed by atoms with Crippen molar-refractivity contribution >= 4 is 31.0 Å². The molecule has 7 nitrogen and oxygen atoms in total. The molecule has 1 aromatic carbocycles. The van der Waals surface area contributed by atoms with Crippen LogP contribution >= 0.6 is 19.4 Å². The molecule has 0 unspecified atom stereocenters. The first-order valence-electron chi connectivity index (χ1n) is 6.82. The van der Waals surface area contributed by atoms with Crippen LogP contribution in [0.2, 0.25) is 0 Å². The lowest BCUT2D eigenvalue weighted by atomic mass is 10.3. The van der Waals surface area contributed by atoms with Gasteiger partial charge in [0, 0.05) is 11.8 Å². The highest BCUT2D eigenvalue weighted by molar-refractivity contribution is 7.48. The van der Waals surface area contributed by atoms with Crippen molar-refractivity contribution in [2.24, 2.45) is 0 Å². The van der Waals surface area contributed by atoms with Gasteiger partial charge in [0.1, 0.15) is 5.88 Å². The van der Waals surface area contributed by atoms with Crippen LogP contribution in [0.25, 0.3) is 0 Å². The van der Waals surface area contributed by atoms with E-state index in [2.05, 4.69) is 18.5 Å². The van der Waals surface area contributed by atoms with Gasteiger partial charge < -0.3 is 14.6 Å². The molecule has 132 valence electrons. The zero-order valence-electron chi connectivity index (χ0n) is 13.2. The summed E-state index contributed by atoms with van der Waals surface area (Å²) in [6, 6.07) is 4.53. The van der Waals surface area contributed by atoms with Crippen molar-refractivity contribution in [3.8, 4) is 11.5 Å². The lowest BCUT2D eigenvalue weighted by Gasteiger charge is -2.19. The summed E-state index contributed by atoms with van der Waals surface area (Å²) in [6.07, 6.45) is 2.81. The molecule has 0 aromatic heterocycles. The predicted molar refractivity (Wildman–Crippen MR) is 92.9 cm³/mol. The number of phosphoric ester groups is 1. The number of methoxy groups -OCH3 is 1. The molecule has 0 bridgehead atoms. The van der Waals surface area contributed by atoms with E-state index < -0.39 is 13.7 Å². The number of ether oxygens (including phenoxy) is 1. The number of alkyl halides is 1. The van der Waals surface area contributed by atoms with Gasteiger partial charge in [-0.05, 0) is 12.1 Å². The van der Waals surface area contributed by atoms with Crippen LogP contribution in [-0.4, -0.2) is 32.1 Å². The first-order valence-corrected chi connectivity index (χ1v) is 8.82. The first-order chi connectivity index (χ1) is 11.5. The number of carbonyl (C=O) groups excluding carboxylic acids is 1. The first kappa shape index (κ1) is 20.3. The smallest absolute Gasteiger partial charge is 0.493 e. The number of anilines is 1. The maximum absolute atomic E-state index is 12.6. The largest absolute Gasteiger partial charge is 0.530 e. The monoisotopic (exact) mass is 375 g/mol. The summed E-state index contributed by atoms with van der Waals surface area (Å²) in [5.74, 6) is -0.252. The highest BCUT2D eigenvalue weighted by Crippen LogP contribution is 2.51. The summed E-state index contributed by atoms with van der Waals surface area (Å²) in [5, 5.41) is 2.55. The molecular formula is C15H19ClNO6P. The third-order valence-electron chi connectivity index (χ3n) is 2.48.